The van der Waals surface area contributed by atoms with E-state index in [0.29, 0.717) is 5.56 Å². The molecule has 12 heteroatoms. The Hall–Kier alpha value is -3.47. The monoisotopic (exact) mass is 479 g/mol. The van der Waals surface area contributed by atoms with Crippen molar-refractivity contribution in [3.8, 4) is 11.3 Å². The number of nitrogens with one attached hydrogen (secondary N) is 2. The van der Waals surface area contributed by atoms with Crippen LogP contribution in [-0.2, 0) is 0 Å². The number of amides is 1. The zero-order valence-corrected chi connectivity index (χ0v) is 17.5. The van der Waals surface area contributed by atoms with E-state index in [0.717, 1.165) is 0 Å². The van der Waals surface area contributed by atoms with Gasteiger partial charge in [-0.25, -0.2) is 4.79 Å². The first-order valence-corrected chi connectivity index (χ1v) is 9.51. The fourth-order valence-corrected chi connectivity index (χ4v) is 3.30. The Bertz CT molecular complexity index is 1230. The maximum atomic E-state index is 12.4. The molecule has 0 aliphatic carbocycles. The molecule has 31 heavy (non-hydrogen) atoms. The smallest absolute Gasteiger partial charge is 0.337 e. The summed E-state index contributed by atoms with van der Waals surface area (Å²) in [5, 5.41) is 25.0. The molecule has 3 rings (SSSR count). The number of carbonyl (C=O) groups excluding carboxylic acids is 1. The van der Waals surface area contributed by atoms with Crippen LogP contribution in [0.25, 0.3) is 11.3 Å². The second kappa shape index (κ2) is 9.13. The second-order valence-corrected chi connectivity index (χ2v) is 7.25. The zero-order chi connectivity index (χ0) is 22.7. The van der Waals surface area contributed by atoms with Crippen molar-refractivity contribution in [2.45, 2.75) is 0 Å². The fourth-order valence-electron chi connectivity index (χ4n) is 2.57. The first kappa shape index (κ1) is 22.2. The number of furan rings is 1. The molecule has 1 amide bonds. The summed E-state index contributed by atoms with van der Waals surface area (Å²) in [6.07, 6.45) is 0. The molecule has 2 aromatic carbocycles. The number of aromatic carboxylic acids is 1. The number of carboxylic acids is 1. The van der Waals surface area contributed by atoms with Gasteiger partial charge in [-0.1, -0.05) is 35.3 Å². The fraction of sp³-hybridized carbons (Fsp3) is 0. The molecule has 0 saturated heterocycles. The first-order chi connectivity index (χ1) is 14.7. The molecule has 1 heterocycles. The molecule has 9 nitrogen and oxygen atoms in total. The van der Waals surface area contributed by atoms with Crippen molar-refractivity contribution in [1.82, 2.24) is 5.32 Å². The lowest BCUT2D eigenvalue weighted by Crippen LogP contribution is -2.34. The van der Waals surface area contributed by atoms with Crippen molar-refractivity contribution in [3.05, 3.63) is 80.0 Å². The summed E-state index contributed by atoms with van der Waals surface area (Å²) in [5.41, 5.74) is 0.00741. The van der Waals surface area contributed by atoms with E-state index < -0.39 is 16.8 Å². The lowest BCUT2D eigenvalue weighted by molar-refractivity contribution is -0.384. The number of thiocarbonyl (C=S) groups is 1. The third-order valence-corrected chi connectivity index (χ3v) is 4.64. The van der Waals surface area contributed by atoms with Crippen LogP contribution in [0.1, 0.15) is 20.9 Å². The maximum absolute atomic E-state index is 12.4. The van der Waals surface area contributed by atoms with E-state index in [2.05, 4.69) is 10.6 Å². The highest BCUT2D eigenvalue weighted by atomic mass is 35.5. The van der Waals surface area contributed by atoms with Gasteiger partial charge in [-0.05, 0) is 36.5 Å². The van der Waals surface area contributed by atoms with E-state index in [4.69, 9.17) is 39.8 Å². The number of nitrogens with zero attached hydrogens (tertiary/aromatic N) is 1. The lowest BCUT2D eigenvalue weighted by Gasteiger charge is -2.13. The van der Waals surface area contributed by atoms with Crippen LogP contribution < -0.4 is 10.6 Å². The number of carbonyl (C=O) groups is 2. The van der Waals surface area contributed by atoms with Crippen LogP contribution in [0.3, 0.4) is 0 Å². The van der Waals surface area contributed by atoms with Crippen molar-refractivity contribution in [2.75, 3.05) is 5.32 Å². The molecule has 3 N–H and O–H groups in total. The number of halogens is 2. The van der Waals surface area contributed by atoms with Crippen LogP contribution in [-0.4, -0.2) is 27.0 Å². The van der Waals surface area contributed by atoms with Gasteiger partial charge in [0.2, 0.25) is 0 Å². The molecular formula is C19H11Cl2N3O6S. The number of non-ortho nitro benzene ring substituents is 1. The largest absolute Gasteiger partial charge is 0.478 e. The van der Waals surface area contributed by atoms with Crippen LogP contribution in [0, 0.1) is 10.1 Å². The number of rotatable bonds is 5. The van der Waals surface area contributed by atoms with Gasteiger partial charge in [0, 0.05) is 22.7 Å². The third kappa shape index (κ3) is 5.18. The number of nitro groups is 1. The number of hydrogen-bond acceptors (Lipinski definition) is 6. The Labute approximate surface area is 189 Å². The molecule has 0 unspecified atom stereocenters. The normalized spacial score (nSPS) is 10.4. The van der Waals surface area contributed by atoms with Crippen molar-refractivity contribution < 1.29 is 24.0 Å². The number of carboxylic acid groups (broad SMARTS) is 1. The minimum absolute atomic E-state index is 0.00699. The summed E-state index contributed by atoms with van der Waals surface area (Å²) in [6.45, 7) is 0. The van der Waals surface area contributed by atoms with Gasteiger partial charge in [0.15, 0.2) is 10.9 Å². The number of benzene rings is 2. The summed E-state index contributed by atoms with van der Waals surface area (Å²) in [4.78, 5) is 34.2. The van der Waals surface area contributed by atoms with Crippen LogP contribution in [0.4, 0.5) is 11.4 Å². The van der Waals surface area contributed by atoms with Gasteiger partial charge in [-0.15, -0.1) is 0 Å². The highest BCUT2D eigenvalue weighted by Gasteiger charge is 2.19. The molecule has 0 radical (unpaired) electrons. The summed E-state index contributed by atoms with van der Waals surface area (Å²) in [5.74, 6) is -1.90. The molecule has 158 valence electrons. The lowest BCUT2D eigenvalue weighted by atomic mass is 10.1. The molecule has 0 fully saturated rings. The number of hydrogen-bond donors (Lipinski definition) is 3. The second-order valence-electron chi connectivity index (χ2n) is 5.99. The highest BCUT2D eigenvalue weighted by molar-refractivity contribution is 7.80. The Morgan fingerprint density at radius 3 is 2.55 bits per heavy atom. The average molecular weight is 480 g/mol. The molecule has 0 spiro atoms. The SMILES string of the molecule is O=C(NC(=S)Nc1c(Cl)cc(Cl)cc1C(=O)O)c1ccc(-c2cccc([N+](=O)[O-])c2)o1. The van der Waals surface area contributed by atoms with Gasteiger partial charge >= 0.3 is 5.97 Å². The van der Waals surface area contributed by atoms with E-state index >= 15 is 0 Å². The van der Waals surface area contributed by atoms with Crippen molar-refractivity contribution in [3.63, 3.8) is 0 Å². The van der Waals surface area contributed by atoms with Crippen molar-refractivity contribution in [2.24, 2.45) is 0 Å². The number of anilines is 1. The van der Waals surface area contributed by atoms with Crippen LogP contribution >= 0.6 is 35.4 Å². The average Bonchev–Trinajstić information content (AvgIpc) is 3.20. The third-order valence-electron chi connectivity index (χ3n) is 3.92. The molecule has 0 aliphatic heterocycles. The van der Waals surface area contributed by atoms with E-state index in [-0.39, 0.29) is 43.6 Å². The minimum Gasteiger partial charge on any atom is -0.478 e. The molecular weight excluding hydrogens is 469 g/mol. The minimum atomic E-state index is -1.30. The van der Waals surface area contributed by atoms with Crippen molar-refractivity contribution in [1.29, 1.82) is 0 Å². The zero-order valence-electron chi connectivity index (χ0n) is 15.2. The summed E-state index contributed by atoms with van der Waals surface area (Å²) >= 11 is 16.9. The topological polar surface area (TPSA) is 135 Å². The molecule has 3 aromatic rings. The quantitative estimate of drug-likeness (QED) is 0.264. The Kier molecular flexibility index (Phi) is 6.54. The first-order valence-electron chi connectivity index (χ1n) is 8.35. The van der Waals surface area contributed by atoms with Gasteiger partial charge in [-0.3, -0.25) is 20.2 Å². The van der Waals surface area contributed by atoms with Crippen LogP contribution in [0.5, 0.6) is 0 Å². The van der Waals surface area contributed by atoms with E-state index in [9.17, 15) is 24.8 Å². The summed E-state index contributed by atoms with van der Waals surface area (Å²) < 4.78 is 5.46. The predicted molar refractivity (Wildman–Crippen MR) is 118 cm³/mol. The predicted octanol–water partition coefficient (Wildman–Crippen LogP) is 4.99. The molecule has 0 bridgehead atoms. The molecule has 0 atom stereocenters. The Morgan fingerprint density at radius 1 is 1.13 bits per heavy atom. The summed E-state index contributed by atoms with van der Waals surface area (Å²) in [6, 6.07) is 11.1. The summed E-state index contributed by atoms with van der Waals surface area (Å²) in [7, 11) is 0. The Morgan fingerprint density at radius 2 is 1.87 bits per heavy atom. The van der Waals surface area contributed by atoms with Crippen LogP contribution in [0.15, 0.2) is 52.9 Å². The standard InChI is InChI=1S/C19H11Cl2N3O6S/c20-10-7-12(18(26)27)16(13(21)8-10)22-19(31)23-17(25)15-5-4-14(30-15)9-2-1-3-11(6-9)24(28)29/h1-8H,(H,26,27)(H2,22,23,25,31). The molecule has 0 saturated carbocycles. The Balaban J connectivity index is 1.75. The van der Waals surface area contributed by atoms with Gasteiger partial charge in [0.1, 0.15) is 5.76 Å². The van der Waals surface area contributed by atoms with Gasteiger partial charge < -0.3 is 14.8 Å². The van der Waals surface area contributed by atoms with Crippen molar-refractivity contribution >= 4 is 63.8 Å². The van der Waals surface area contributed by atoms with E-state index in [1.54, 1.807) is 6.07 Å². The molecule has 0 aliphatic rings. The van der Waals surface area contributed by atoms with Crippen LogP contribution in [0.2, 0.25) is 10.0 Å². The van der Waals surface area contributed by atoms with Gasteiger partial charge in [-0.2, -0.15) is 0 Å². The van der Waals surface area contributed by atoms with E-state index in [1.807, 2.05) is 0 Å². The van der Waals surface area contributed by atoms with E-state index in [1.165, 1.54) is 42.5 Å². The maximum Gasteiger partial charge on any atom is 0.337 e. The highest BCUT2D eigenvalue weighted by Crippen LogP contribution is 2.30. The van der Waals surface area contributed by atoms with Gasteiger partial charge in [0.25, 0.3) is 11.6 Å². The number of nitro benzene ring substituents is 1. The van der Waals surface area contributed by atoms with Gasteiger partial charge in [0.05, 0.1) is 21.2 Å². The molecule has 1 aromatic heterocycles.